The van der Waals surface area contributed by atoms with E-state index in [-0.39, 0.29) is 12.8 Å². The molecule has 180 valence electrons. The van der Waals surface area contributed by atoms with Crippen molar-refractivity contribution in [3.63, 3.8) is 0 Å². The largest absolute Gasteiger partial charge is 0.473 e. The van der Waals surface area contributed by atoms with Gasteiger partial charge in [0.25, 0.3) is 11.8 Å². The minimum atomic E-state index is -1.60. The molecule has 5 aliphatic heterocycles. The number of thiol groups is 2. The molecule has 10 nitrogen and oxygen atoms in total. The lowest BCUT2D eigenvalue weighted by Gasteiger charge is -2.52. The van der Waals surface area contributed by atoms with Crippen LogP contribution < -0.4 is 0 Å². The summed E-state index contributed by atoms with van der Waals surface area (Å²) in [5.74, 6) is -2.09. The number of piperazine rings is 1. The van der Waals surface area contributed by atoms with Gasteiger partial charge in [0, 0.05) is 26.7 Å². The molecule has 3 saturated heterocycles. The van der Waals surface area contributed by atoms with Crippen molar-refractivity contribution >= 4 is 49.0 Å². The Bertz CT molecular complexity index is 1030. The van der Waals surface area contributed by atoms with E-state index in [4.69, 9.17) is 44.2 Å². The molecule has 0 aromatic heterocycles. The summed E-state index contributed by atoms with van der Waals surface area (Å²) in [5, 5.41) is 0. The Morgan fingerprint density at radius 1 is 0.853 bits per heavy atom. The first-order valence-corrected chi connectivity index (χ1v) is 11.5. The Morgan fingerprint density at radius 3 is 1.59 bits per heavy atom. The van der Waals surface area contributed by atoms with E-state index >= 15 is 0 Å². The van der Waals surface area contributed by atoms with Gasteiger partial charge < -0.3 is 28.7 Å². The molecule has 0 aromatic carbocycles. The third-order valence-corrected chi connectivity index (χ3v) is 7.63. The van der Waals surface area contributed by atoms with Gasteiger partial charge in [-0.25, -0.2) is 0 Å². The average Bonchev–Trinajstić information content (AvgIpc) is 3.06. The van der Waals surface area contributed by atoms with Gasteiger partial charge in [0.05, 0.1) is 37.1 Å². The SMILES string of the molecule is CC(=O)OC1C=COC=C2C[C@@]3(S)C(=O)N4C5C(=COC=CC5OC(C)=O)C[C@@]4(S)C(=O)N3C21. The smallest absolute Gasteiger partial charge is 0.303 e. The van der Waals surface area contributed by atoms with Crippen LogP contribution in [0.15, 0.2) is 48.3 Å². The standard InChI is InChI=1S/C22H22N2O8S2/c1-11(25)31-15-3-5-29-9-13-7-21(33)20(28)24-18-14(10-30-6-4-16(18)32-12(2)26)8-22(24,34)19(27)23(21)17(13)15/h3-6,9-10,15-18,33-34H,7-8H2,1-2H3/t15?,16?,17?,18?,21-,22-/m1/s1. The monoisotopic (exact) mass is 506 g/mol. The molecular weight excluding hydrogens is 484 g/mol. The fourth-order valence-corrected chi connectivity index (χ4v) is 6.32. The van der Waals surface area contributed by atoms with E-state index in [1.54, 1.807) is 0 Å². The van der Waals surface area contributed by atoms with Crippen LogP contribution in [-0.4, -0.2) is 67.6 Å². The van der Waals surface area contributed by atoms with Crippen molar-refractivity contribution in [1.29, 1.82) is 0 Å². The predicted octanol–water partition coefficient (Wildman–Crippen LogP) is 1.17. The number of rotatable bonds is 2. The van der Waals surface area contributed by atoms with Gasteiger partial charge in [-0.2, -0.15) is 0 Å². The van der Waals surface area contributed by atoms with E-state index in [0.717, 1.165) is 0 Å². The molecular formula is C22H22N2O8S2. The molecule has 5 rings (SSSR count). The Hall–Kier alpha value is -2.86. The summed E-state index contributed by atoms with van der Waals surface area (Å²) in [5.41, 5.74) is 1.14. The molecule has 3 fully saturated rings. The van der Waals surface area contributed by atoms with E-state index in [1.807, 2.05) is 0 Å². The first-order valence-electron chi connectivity index (χ1n) is 10.6. The van der Waals surface area contributed by atoms with E-state index in [9.17, 15) is 19.2 Å². The second-order valence-corrected chi connectivity index (χ2v) is 10.2. The van der Waals surface area contributed by atoms with Gasteiger partial charge in [0.15, 0.2) is 9.74 Å². The van der Waals surface area contributed by atoms with Crippen molar-refractivity contribution in [3.05, 3.63) is 48.3 Å². The highest BCUT2D eigenvalue weighted by atomic mass is 32.1. The molecule has 5 heterocycles. The van der Waals surface area contributed by atoms with E-state index in [0.29, 0.717) is 11.1 Å². The van der Waals surface area contributed by atoms with Crippen molar-refractivity contribution in [2.45, 2.75) is 60.7 Å². The van der Waals surface area contributed by atoms with Gasteiger partial charge in [0.2, 0.25) is 0 Å². The molecule has 0 bridgehead atoms. The number of esters is 2. The summed E-state index contributed by atoms with van der Waals surface area (Å²) in [4.78, 5) is 51.2. The molecule has 0 N–H and O–H groups in total. The number of hydrogen-bond donors (Lipinski definition) is 2. The number of ether oxygens (including phenoxy) is 4. The van der Waals surface area contributed by atoms with Gasteiger partial charge in [0.1, 0.15) is 12.2 Å². The predicted molar refractivity (Wildman–Crippen MR) is 122 cm³/mol. The Kier molecular flexibility index (Phi) is 5.28. The fraction of sp³-hybridized carbons (Fsp3) is 0.455. The number of fused-ring (bicyclic) bond motifs is 6. The summed E-state index contributed by atoms with van der Waals surface area (Å²) >= 11 is 9.45. The topological polar surface area (TPSA) is 112 Å². The van der Waals surface area contributed by atoms with Crippen LogP contribution in [0, 0.1) is 0 Å². The van der Waals surface area contributed by atoms with Crippen LogP contribution in [0.3, 0.4) is 0 Å². The number of carbonyl (C=O) groups is 4. The van der Waals surface area contributed by atoms with Crippen molar-refractivity contribution in [3.8, 4) is 0 Å². The zero-order valence-electron chi connectivity index (χ0n) is 18.2. The summed E-state index contributed by atoms with van der Waals surface area (Å²) in [6.07, 6.45) is 6.96. The lowest BCUT2D eigenvalue weighted by Crippen LogP contribution is -2.73. The average molecular weight is 507 g/mol. The number of hydrogen-bond acceptors (Lipinski definition) is 10. The summed E-state index contributed by atoms with van der Waals surface area (Å²) in [6.45, 7) is 2.52. The van der Waals surface area contributed by atoms with Crippen LogP contribution in [0.4, 0.5) is 0 Å². The molecule has 0 saturated carbocycles. The molecule has 12 heteroatoms. The molecule has 0 spiro atoms. The summed E-state index contributed by atoms with van der Waals surface area (Å²) in [7, 11) is 0. The van der Waals surface area contributed by atoms with Gasteiger partial charge in [-0.15, -0.1) is 25.3 Å². The molecule has 0 aliphatic carbocycles. The zero-order valence-corrected chi connectivity index (χ0v) is 20.0. The molecule has 2 amide bonds. The second-order valence-electron chi connectivity index (χ2n) is 8.69. The molecule has 5 aliphatic rings. The molecule has 6 atom stereocenters. The minimum Gasteiger partial charge on any atom is -0.473 e. The summed E-state index contributed by atoms with van der Waals surface area (Å²) < 4.78 is 21.7. The maximum absolute atomic E-state index is 14.1. The highest BCUT2D eigenvalue weighted by molar-refractivity contribution is 7.83. The number of amides is 2. The van der Waals surface area contributed by atoms with Gasteiger partial charge in [-0.1, -0.05) is 0 Å². The number of nitrogens with zero attached hydrogens (tertiary/aromatic N) is 2. The lowest BCUT2D eigenvalue weighted by atomic mass is 10.0. The van der Waals surface area contributed by atoms with Crippen LogP contribution in [0.25, 0.3) is 0 Å². The highest BCUT2D eigenvalue weighted by Gasteiger charge is 2.71. The van der Waals surface area contributed by atoms with Gasteiger partial charge in [-0.3, -0.25) is 19.2 Å². The van der Waals surface area contributed by atoms with E-state index < -0.39 is 57.8 Å². The quantitative estimate of drug-likeness (QED) is 0.424. The van der Waals surface area contributed by atoms with Gasteiger partial charge >= 0.3 is 11.9 Å². The van der Waals surface area contributed by atoms with E-state index in [1.165, 1.54) is 60.8 Å². The van der Waals surface area contributed by atoms with Crippen LogP contribution in [0.2, 0.25) is 0 Å². The maximum Gasteiger partial charge on any atom is 0.303 e. The molecule has 4 unspecified atom stereocenters. The fourth-order valence-electron chi connectivity index (χ4n) is 5.31. The Morgan fingerprint density at radius 2 is 1.24 bits per heavy atom. The van der Waals surface area contributed by atoms with Crippen molar-refractivity contribution in [1.82, 2.24) is 9.80 Å². The van der Waals surface area contributed by atoms with Crippen LogP contribution in [0.5, 0.6) is 0 Å². The van der Waals surface area contributed by atoms with Crippen molar-refractivity contribution < 1.29 is 38.1 Å². The molecule has 0 aromatic rings. The molecule has 34 heavy (non-hydrogen) atoms. The third kappa shape index (κ3) is 3.18. The summed E-state index contributed by atoms with van der Waals surface area (Å²) in [6, 6.07) is -1.61. The Balaban J connectivity index is 1.61. The number of carbonyl (C=O) groups excluding carboxylic acids is 4. The minimum absolute atomic E-state index is 0.0431. The lowest BCUT2D eigenvalue weighted by molar-refractivity contribution is -0.171. The van der Waals surface area contributed by atoms with Gasteiger partial charge in [-0.05, 0) is 23.3 Å². The van der Waals surface area contributed by atoms with Crippen LogP contribution >= 0.6 is 25.3 Å². The van der Waals surface area contributed by atoms with E-state index in [2.05, 4.69) is 0 Å². The highest BCUT2D eigenvalue weighted by Crippen LogP contribution is 2.56. The molecule has 0 radical (unpaired) electrons. The normalized spacial score (nSPS) is 37.6. The van der Waals surface area contributed by atoms with Crippen LogP contribution in [-0.2, 0) is 38.1 Å². The second kappa shape index (κ2) is 7.84. The Labute approximate surface area is 206 Å². The zero-order chi connectivity index (χ0) is 24.4. The van der Waals surface area contributed by atoms with Crippen LogP contribution in [0.1, 0.15) is 26.7 Å². The third-order valence-electron chi connectivity index (χ3n) is 6.50. The van der Waals surface area contributed by atoms with Crippen molar-refractivity contribution in [2.75, 3.05) is 0 Å². The maximum atomic E-state index is 14.1. The first kappa shape index (κ1) is 22.9. The first-order chi connectivity index (χ1) is 16.1. The van der Waals surface area contributed by atoms with Crippen molar-refractivity contribution in [2.24, 2.45) is 0 Å².